The molecule has 0 saturated heterocycles. The van der Waals surface area contributed by atoms with Gasteiger partial charge in [0.2, 0.25) is 0 Å². The normalized spacial score (nSPS) is 10.8. The molecule has 0 saturated carbocycles. The standard InChI is InChI=1S/C11H12FNOS/c1-14-6-5-13-10-7-15-11-8(10)3-2-4-9(11)12/h2-4,7,13H,5-6H2,1H3. The minimum Gasteiger partial charge on any atom is -0.383 e. The molecule has 2 nitrogen and oxygen atoms in total. The first-order chi connectivity index (χ1) is 7.33. The number of anilines is 1. The Hall–Kier alpha value is -1.13. The number of nitrogens with one attached hydrogen (secondary N) is 1. The average Bonchev–Trinajstić information content (AvgIpc) is 2.64. The van der Waals surface area contributed by atoms with Gasteiger partial charge in [-0.15, -0.1) is 11.3 Å². The SMILES string of the molecule is COCCNc1csc2c(F)cccc12. The van der Waals surface area contributed by atoms with E-state index in [0.717, 1.165) is 17.6 Å². The molecule has 0 aliphatic heterocycles. The van der Waals surface area contributed by atoms with Crippen molar-refractivity contribution in [2.75, 3.05) is 25.6 Å². The van der Waals surface area contributed by atoms with Crippen LogP contribution in [0.3, 0.4) is 0 Å². The zero-order valence-electron chi connectivity index (χ0n) is 8.42. The van der Waals surface area contributed by atoms with Gasteiger partial charge in [-0.2, -0.15) is 0 Å². The largest absolute Gasteiger partial charge is 0.383 e. The summed E-state index contributed by atoms with van der Waals surface area (Å²) in [5.41, 5.74) is 0.978. The molecule has 0 aliphatic rings. The maximum Gasteiger partial charge on any atom is 0.141 e. The molecule has 4 heteroatoms. The highest BCUT2D eigenvalue weighted by Crippen LogP contribution is 2.31. The molecule has 1 heterocycles. The molecule has 0 fully saturated rings. The summed E-state index contributed by atoms with van der Waals surface area (Å²) in [6, 6.07) is 5.13. The molecule has 0 bridgehead atoms. The fourth-order valence-corrected chi connectivity index (χ4v) is 2.38. The predicted molar refractivity (Wildman–Crippen MR) is 62.1 cm³/mol. The highest BCUT2D eigenvalue weighted by atomic mass is 32.1. The summed E-state index contributed by atoms with van der Waals surface area (Å²) in [5.74, 6) is -0.155. The van der Waals surface area contributed by atoms with Gasteiger partial charge >= 0.3 is 0 Å². The van der Waals surface area contributed by atoms with Gasteiger partial charge in [-0.05, 0) is 6.07 Å². The summed E-state index contributed by atoms with van der Waals surface area (Å²) < 4.78 is 19.0. The van der Waals surface area contributed by atoms with Crippen molar-refractivity contribution < 1.29 is 9.13 Å². The van der Waals surface area contributed by atoms with Crippen molar-refractivity contribution in [3.8, 4) is 0 Å². The number of benzene rings is 1. The molecular weight excluding hydrogens is 213 g/mol. The van der Waals surface area contributed by atoms with Gasteiger partial charge in [0, 0.05) is 24.4 Å². The van der Waals surface area contributed by atoms with Crippen LogP contribution in [0.5, 0.6) is 0 Å². The molecule has 0 unspecified atom stereocenters. The summed E-state index contributed by atoms with van der Waals surface area (Å²) in [6.45, 7) is 1.38. The van der Waals surface area contributed by atoms with Crippen molar-refractivity contribution in [3.05, 3.63) is 29.4 Å². The summed E-state index contributed by atoms with van der Waals surface area (Å²) >= 11 is 1.42. The van der Waals surface area contributed by atoms with Gasteiger partial charge in [-0.3, -0.25) is 0 Å². The minimum atomic E-state index is -0.155. The zero-order valence-corrected chi connectivity index (χ0v) is 9.23. The van der Waals surface area contributed by atoms with Crippen LogP contribution < -0.4 is 5.32 Å². The highest BCUT2D eigenvalue weighted by Gasteiger charge is 2.06. The fraction of sp³-hybridized carbons (Fsp3) is 0.273. The van der Waals surface area contributed by atoms with E-state index in [1.807, 2.05) is 11.4 Å². The van der Waals surface area contributed by atoms with Gasteiger partial charge in [-0.1, -0.05) is 12.1 Å². The highest BCUT2D eigenvalue weighted by molar-refractivity contribution is 7.17. The number of ether oxygens (including phenoxy) is 1. The maximum absolute atomic E-state index is 13.3. The van der Waals surface area contributed by atoms with Crippen LogP contribution in [0.2, 0.25) is 0 Å². The van der Waals surface area contributed by atoms with E-state index in [9.17, 15) is 4.39 Å². The first kappa shape index (κ1) is 10.4. The first-order valence-electron chi connectivity index (χ1n) is 4.71. The lowest BCUT2D eigenvalue weighted by Crippen LogP contribution is -2.06. The van der Waals surface area contributed by atoms with Crippen molar-refractivity contribution in [3.63, 3.8) is 0 Å². The van der Waals surface area contributed by atoms with Crippen molar-refractivity contribution >= 4 is 27.1 Å². The number of fused-ring (bicyclic) bond motifs is 1. The number of halogens is 1. The van der Waals surface area contributed by atoms with Crippen LogP contribution in [0.15, 0.2) is 23.6 Å². The third-order valence-corrected chi connectivity index (χ3v) is 3.18. The van der Waals surface area contributed by atoms with Crippen LogP contribution in [0.1, 0.15) is 0 Å². The molecule has 80 valence electrons. The number of thiophene rings is 1. The third-order valence-electron chi connectivity index (χ3n) is 2.17. The lowest BCUT2D eigenvalue weighted by molar-refractivity contribution is 0.211. The number of rotatable bonds is 4. The van der Waals surface area contributed by atoms with Crippen LogP contribution in [0.25, 0.3) is 10.1 Å². The predicted octanol–water partition coefficient (Wildman–Crippen LogP) is 3.10. The second kappa shape index (κ2) is 4.59. The van der Waals surface area contributed by atoms with Gasteiger partial charge in [-0.25, -0.2) is 4.39 Å². The molecule has 0 atom stereocenters. The van der Waals surface area contributed by atoms with Crippen LogP contribution in [-0.4, -0.2) is 20.3 Å². The molecule has 1 N–H and O–H groups in total. The topological polar surface area (TPSA) is 21.3 Å². The molecule has 15 heavy (non-hydrogen) atoms. The second-order valence-electron chi connectivity index (χ2n) is 3.19. The van der Waals surface area contributed by atoms with E-state index >= 15 is 0 Å². The van der Waals surface area contributed by atoms with Crippen LogP contribution >= 0.6 is 11.3 Å². The first-order valence-corrected chi connectivity index (χ1v) is 5.59. The van der Waals surface area contributed by atoms with Crippen molar-refractivity contribution in [2.45, 2.75) is 0 Å². The minimum absolute atomic E-state index is 0.155. The Balaban J connectivity index is 2.25. The van der Waals surface area contributed by atoms with Gasteiger partial charge < -0.3 is 10.1 Å². The maximum atomic E-state index is 13.3. The Morgan fingerprint density at radius 1 is 1.47 bits per heavy atom. The Morgan fingerprint density at radius 3 is 3.13 bits per heavy atom. The summed E-state index contributed by atoms with van der Waals surface area (Å²) in [4.78, 5) is 0. The summed E-state index contributed by atoms with van der Waals surface area (Å²) in [6.07, 6.45) is 0. The van der Waals surface area contributed by atoms with E-state index in [2.05, 4.69) is 5.32 Å². The molecule has 0 spiro atoms. The summed E-state index contributed by atoms with van der Waals surface area (Å²) in [5, 5.41) is 6.09. The molecule has 2 rings (SSSR count). The van der Waals surface area contributed by atoms with Gasteiger partial charge in [0.15, 0.2) is 0 Å². The van der Waals surface area contributed by atoms with Crippen LogP contribution in [-0.2, 0) is 4.74 Å². The van der Waals surface area contributed by atoms with Crippen LogP contribution in [0.4, 0.5) is 10.1 Å². The third kappa shape index (κ3) is 2.11. The molecular formula is C11H12FNOS. The Bertz CT molecular complexity index is 455. The Morgan fingerprint density at radius 2 is 2.33 bits per heavy atom. The smallest absolute Gasteiger partial charge is 0.141 e. The number of methoxy groups -OCH3 is 1. The van der Waals surface area contributed by atoms with E-state index in [4.69, 9.17) is 4.74 Å². The summed E-state index contributed by atoms with van der Waals surface area (Å²) in [7, 11) is 1.66. The monoisotopic (exact) mass is 225 g/mol. The molecule has 0 radical (unpaired) electrons. The van der Waals surface area contributed by atoms with E-state index in [-0.39, 0.29) is 5.82 Å². The lowest BCUT2D eigenvalue weighted by atomic mass is 10.2. The molecule has 0 aliphatic carbocycles. The fourth-order valence-electron chi connectivity index (χ4n) is 1.45. The van der Waals surface area contributed by atoms with Crippen molar-refractivity contribution in [2.24, 2.45) is 0 Å². The molecule has 1 aromatic heterocycles. The zero-order chi connectivity index (χ0) is 10.7. The molecule has 0 amide bonds. The van der Waals surface area contributed by atoms with E-state index in [1.165, 1.54) is 17.4 Å². The van der Waals surface area contributed by atoms with E-state index in [1.54, 1.807) is 13.2 Å². The van der Waals surface area contributed by atoms with E-state index < -0.39 is 0 Å². The lowest BCUT2D eigenvalue weighted by Gasteiger charge is -2.03. The van der Waals surface area contributed by atoms with Crippen molar-refractivity contribution in [1.82, 2.24) is 0 Å². The van der Waals surface area contributed by atoms with Crippen LogP contribution in [0, 0.1) is 5.82 Å². The van der Waals surface area contributed by atoms with Gasteiger partial charge in [0.05, 0.1) is 17.0 Å². The molecule has 1 aromatic carbocycles. The molecule has 2 aromatic rings. The quantitative estimate of drug-likeness (QED) is 0.807. The Labute approximate surface area is 91.7 Å². The van der Waals surface area contributed by atoms with Gasteiger partial charge in [0.1, 0.15) is 5.82 Å². The number of hydrogen-bond acceptors (Lipinski definition) is 3. The van der Waals surface area contributed by atoms with Gasteiger partial charge in [0.25, 0.3) is 0 Å². The van der Waals surface area contributed by atoms with E-state index in [0.29, 0.717) is 11.3 Å². The number of hydrogen-bond donors (Lipinski definition) is 1. The Kier molecular flexibility index (Phi) is 3.18. The van der Waals surface area contributed by atoms with Crippen molar-refractivity contribution in [1.29, 1.82) is 0 Å². The second-order valence-corrected chi connectivity index (χ2v) is 4.07. The average molecular weight is 225 g/mol.